The van der Waals surface area contributed by atoms with E-state index in [1.165, 1.54) is 41.8 Å². The van der Waals surface area contributed by atoms with E-state index in [9.17, 15) is 0 Å². The Labute approximate surface area is 109 Å². The van der Waals surface area contributed by atoms with Gasteiger partial charge in [0.1, 0.15) is 0 Å². The van der Waals surface area contributed by atoms with Gasteiger partial charge in [-0.1, -0.05) is 42.5 Å². The number of nitrogens with zero attached hydrogens (tertiary/aromatic N) is 1. The molecule has 0 spiro atoms. The molecule has 1 heterocycles. The number of hydrogen-bond acceptors (Lipinski definition) is 1. The Morgan fingerprint density at radius 1 is 1.00 bits per heavy atom. The summed E-state index contributed by atoms with van der Waals surface area (Å²) in [6, 6.07) is 17.5. The molecule has 0 aliphatic carbocycles. The van der Waals surface area contributed by atoms with Crippen LogP contribution in [0.2, 0.25) is 0 Å². The predicted molar refractivity (Wildman–Crippen MR) is 78.1 cm³/mol. The number of benzene rings is 2. The Bertz CT molecular complexity index is 531. The van der Waals surface area contributed by atoms with Crippen molar-refractivity contribution in [2.45, 2.75) is 19.8 Å². The minimum Gasteiger partial charge on any atom is -0.372 e. The van der Waals surface area contributed by atoms with Crippen molar-refractivity contribution in [3.8, 4) is 11.1 Å². The third-order valence-corrected chi connectivity index (χ3v) is 3.81. The van der Waals surface area contributed by atoms with Gasteiger partial charge in [-0.2, -0.15) is 0 Å². The molecule has 18 heavy (non-hydrogen) atoms. The Morgan fingerprint density at radius 2 is 1.83 bits per heavy atom. The first-order valence-electron chi connectivity index (χ1n) is 6.82. The van der Waals surface area contributed by atoms with Gasteiger partial charge in [0.2, 0.25) is 0 Å². The molecule has 0 aromatic heterocycles. The zero-order chi connectivity index (χ0) is 12.4. The van der Waals surface area contributed by atoms with Crippen molar-refractivity contribution in [3.63, 3.8) is 0 Å². The second kappa shape index (κ2) is 4.85. The van der Waals surface area contributed by atoms with Gasteiger partial charge in [-0.25, -0.2) is 0 Å². The summed E-state index contributed by atoms with van der Waals surface area (Å²) < 4.78 is 0. The minimum absolute atomic E-state index is 1.10. The Balaban J connectivity index is 2.12. The third kappa shape index (κ3) is 1.90. The zero-order valence-corrected chi connectivity index (χ0v) is 10.9. The van der Waals surface area contributed by atoms with Gasteiger partial charge in [-0.05, 0) is 42.5 Å². The van der Waals surface area contributed by atoms with Crippen LogP contribution < -0.4 is 4.90 Å². The molecule has 0 N–H and O–H groups in total. The van der Waals surface area contributed by atoms with E-state index in [2.05, 4.69) is 60.4 Å². The van der Waals surface area contributed by atoms with Gasteiger partial charge in [-0.3, -0.25) is 0 Å². The standard InChI is InChI=1S/C17H19N/c1-2-18-13-7-11-16-15(10-6-12-17(16)18)14-8-4-3-5-9-14/h3-6,8-10,12H,2,7,11,13H2,1H3. The molecule has 0 amide bonds. The van der Waals surface area contributed by atoms with E-state index in [0.29, 0.717) is 0 Å². The van der Waals surface area contributed by atoms with Gasteiger partial charge in [0.25, 0.3) is 0 Å². The maximum atomic E-state index is 2.49. The van der Waals surface area contributed by atoms with Crippen LogP contribution in [0.4, 0.5) is 5.69 Å². The number of anilines is 1. The van der Waals surface area contributed by atoms with Crippen molar-refractivity contribution in [1.29, 1.82) is 0 Å². The minimum atomic E-state index is 1.10. The van der Waals surface area contributed by atoms with Crippen molar-refractivity contribution in [1.82, 2.24) is 0 Å². The summed E-state index contributed by atoms with van der Waals surface area (Å²) in [5, 5.41) is 0. The summed E-state index contributed by atoms with van der Waals surface area (Å²) in [5.41, 5.74) is 5.71. The molecule has 0 saturated carbocycles. The largest absolute Gasteiger partial charge is 0.372 e. The molecule has 0 bridgehead atoms. The molecule has 0 radical (unpaired) electrons. The molecule has 2 aromatic rings. The Kier molecular flexibility index (Phi) is 3.06. The molecule has 3 rings (SSSR count). The summed E-state index contributed by atoms with van der Waals surface area (Å²) in [4.78, 5) is 2.49. The van der Waals surface area contributed by atoms with Gasteiger partial charge in [0.15, 0.2) is 0 Å². The summed E-state index contributed by atoms with van der Waals surface area (Å²) in [6.45, 7) is 4.54. The fraction of sp³-hybridized carbons (Fsp3) is 0.294. The third-order valence-electron chi connectivity index (χ3n) is 3.81. The highest BCUT2D eigenvalue weighted by molar-refractivity contribution is 5.75. The summed E-state index contributed by atoms with van der Waals surface area (Å²) >= 11 is 0. The molecule has 2 aromatic carbocycles. The first kappa shape index (κ1) is 11.3. The van der Waals surface area contributed by atoms with E-state index in [1.54, 1.807) is 0 Å². The topological polar surface area (TPSA) is 3.24 Å². The molecule has 1 nitrogen and oxygen atoms in total. The summed E-state index contributed by atoms with van der Waals surface area (Å²) in [6.07, 6.45) is 2.47. The van der Waals surface area contributed by atoms with E-state index in [4.69, 9.17) is 0 Å². The van der Waals surface area contributed by atoms with Crippen LogP contribution in [0.15, 0.2) is 48.5 Å². The highest BCUT2D eigenvalue weighted by atomic mass is 15.1. The molecular formula is C17H19N. The van der Waals surface area contributed by atoms with E-state index in [-0.39, 0.29) is 0 Å². The van der Waals surface area contributed by atoms with Crippen LogP contribution in [0, 0.1) is 0 Å². The summed E-state index contributed by atoms with van der Waals surface area (Å²) in [5.74, 6) is 0. The lowest BCUT2D eigenvalue weighted by atomic mass is 9.92. The van der Waals surface area contributed by atoms with Crippen LogP contribution in [0.5, 0.6) is 0 Å². The monoisotopic (exact) mass is 237 g/mol. The SMILES string of the molecule is CCN1CCCc2c(-c3ccccc3)cccc21. The molecule has 92 valence electrons. The second-order valence-corrected chi connectivity index (χ2v) is 4.85. The molecule has 1 aliphatic rings. The van der Waals surface area contributed by atoms with Crippen molar-refractivity contribution < 1.29 is 0 Å². The van der Waals surface area contributed by atoms with Crippen molar-refractivity contribution in [3.05, 3.63) is 54.1 Å². The van der Waals surface area contributed by atoms with E-state index < -0.39 is 0 Å². The van der Waals surface area contributed by atoms with Crippen LogP contribution in [-0.2, 0) is 6.42 Å². The van der Waals surface area contributed by atoms with Gasteiger partial charge in [-0.15, -0.1) is 0 Å². The first-order chi connectivity index (χ1) is 8.90. The fourth-order valence-corrected chi connectivity index (χ4v) is 2.92. The van der Waals surface area contributed by atoms with Crippen molar-refractivity contribution >= 4 is 5.69 Å². The molecule has 0 unspecified atom stereocenters. The first-order valence-corrected chi connectivity index (χ1v) is 6.82. The van der Waals surface area contributed by atoms with E-state index in [1.807, 2.05) is 0 Å². The molecule has 0 atom stereocenters. The predicted octanol–water partition coefficient (Wildman–Crippen LogP) is 4.13. The lowest BCUT2D eigenvalue weighted by Gasteiger charge is -2.31. The van der Waals surface area contributed by atoms with Crippen LogP contribution in [0.25, 0.3) is 11.1 Å². The Morgan fingerprint density at radius 3 is 2.61 bits per heavy atom. The van der Waals surface area contributed by atoms with Gasteiger partial charge < -0.3 is 4.90 Å². The molecular weight excluding hydrogens is 218 g/mol. The van der Waals surface area contributed by atoms with Gasteiger partial charge >= 0.3 is 0 Å². The maximum absolute atomic E-state index is 2.49. The van der Waals surface area contributed by atoms with Crippen LogP contribution in [-0.4, -0.2) is 13.1 Å². The number of fused-ring (bicyclic) bond motifs is 1. The highest BCUT2D eigenvalue weighted by Gasteiger charge is 2.18. The molecule has 1 heteroatoms. The number of hydrogen-bond donors (Lipinski definition) is 0. The molecule has 0 saturated heterocycles. The highest BCUT2D eigenvalue weighted by Crippen LogP contribution is 2.35. The van der Waals surface area contributed by atoms with E-state index in [0.717, 1.165) is 6.54 Å². The lowest BCUT2D eigenvalue weighted by Crippen LogP contribution is -2.29. The van der Waals surface area contributed by atoms with Crippen molar-refractivity contribution in [2.75, 3.05) is 18.0 Å². The molecule has 0 fully saturated rings. The smallest absolute Gasteiger partial charge is 0.0404 e. The second-order valence-electron chi connectivity index (χ2n) is 4.85. The zero-order valence-electron chi connectivity index (χ0n) is 10.9. The molecule has 1 aliphatic heterocycles. The quantitative estimate of drug-likeness (QED) is 0.759. The van der Waals surface area contributed by atoms with Crippen LogP contribution in [0.1, 0.15) is 18.9 Å². The van der Waals surface area contributed by atoms with Crippen LogP contribution in [0.3, 0.4) is 0 Å². The number of rotatable bonds is 2. The fourth-order valence-electron chi connectivity index (χ4n) is 2.92. The average Bonchev–Trinajstić information content (AvgIpc) is 2.47. The normalized spacial score (nSPS) is 14.4. The Hall–Kier alpha value is -1.76. The lowest BCUT2D eigenvalue weighted by molar-refractivity contribution is 0.709. The van der Waals surface area contributed by atoms with Gasteiger partial charge in [0.05, 0.1) is 0 Å². The maximum Gasteiger partial charge on any atom is 0.0404 e. The van der Waals surface area contributed by atoms with Crippen molar-refractivity contribution in [2.24, 2.45) is 0 Å². The summed E-state index contributed by atoms with van der Waals surface area (Å²) in [7, 11) is 0. The van der Waals surface area contributed by atoms with Gasteiger partial charge in [0, 0.05) is 18.8 Å². The average molecular weight is 237 g/mol. The van der Waals surface area contributed by atoms with E-state index >= 15 is 0 Å². The van der Waals surface area contributed by atoms with Crippen LogP contribution >= 0.6 is 0 Å².